The second-order valence-corrected chi connectivity index (χ2v) is 7.66. The molecule has 2 aromatic rings. The topological polar surface area (TPSA) is 89.5 Å². The van der Waals surface area contributed by atoms with Crippen molar-refractivity contribution in [3.8, 4) is 11.5 Å². The van der Waals surface area contributed by atoms with Gasteiger partial charge in [-0.3, -0.25) is 4.90 Å². The number of nitrogens with zero attached hydrogens (tertiary/aromatic N) is 1. The number of carbonyl (C=O) groups is 1. The van der Waals surface area contributed by atoms with Gasteiger partial charge in [-0.25, -0.2) is 4.79 Å². The molecule has 1 heterocycles. The smallest absolute Gasteiger partial charge is 0.337 e. The van der Waals surface area contributed by atoms with E-state index in [0.29, 0.717) is 49.9 Å². The van der Waals surface area contributed by atoms with Gasteiger partial charge in [-0.05, 0) is 35.4 Å². The third-order valence-electron chi connectivity index (χ3n) is 5.27. The quantitative estimate of drug-likeness (QED) is 0.508. The number of ether oxygens (including phenoxy) is 4. The molecule has 3 rings (SSSR count). The lowest BCUT2D eigenvalue weighted by atomic mass is 10.1. The van der Waals surface area contributed by atoms with E-state index in [9.17, 15) is 9.90 Å². The van der Waals surface area contributed by atoms with Crippen LogP contribution < -0.4 is 14.8 Å². The van der Waals surface area contributed by atoms with Gasteiger partial charge in [0.05, 0.1) is 33.0 Å². The standard InChI is InChI=1S/C24H32N2O6/c1-29-23-13-19(15-25-14-18-3-6-20(7-4-18)24(28)30-2)5-8-22(23)32-17-21(27)16-26-9-11-31-12-10-26/h3-8,13,21,25,27H,9-12,14-17H2,1-2H3. The minimum atomic E-state index is -0.579. The van der Waals surface area contributed by atoms with Gasteiger partial charge in [-0.15, -0.1) is 0 Å². The summed E-state index contributed by atoms with van der Waals surface area (Å²) >= 11 is 0. The minimum Gasteiger partial charge on any atom is -0.493 e. The van der Waals surface area contributed by atoms with Crippen LogP contribution in [0.15, 0.2) is 42.5 Å². The van der Waals surface area contributed by atoms with Crippen LogP contribution in [0, 0.1) is 0 Å². The normalized spacial score (nSPS) is 15.2. The number of methoxy groups -OCH3 is 2. The molecule has 2 aromatic carbocycles. The van der Waals surface area contributed by atoms with Crippen molar-refractivity contribution in [3.05, 3.63) is 59.2 Å². The third kappa shape index (κ3) is 7.20. The highest BCUT2D eigenvalue weighted by atomic mass is 16.5. The number of aliphatic hydroxyl groups is 1. The first-order valence-electron chi connectivity index (χ1n) is 10.7. The molecule has 174 valence electrons. The predicted octanol–water partition coefficient (Wildman–Crippen LogP) is 1.84. The van der Waals surface area contributed by atoms with Crippen LogP contribution in [0.1, 0.15) is 21.5 Å². The Hall–Kier alpha value is -2.65. The molecule has 1 aliphatic rings. The van der Waals surface area contributed by atoms with Gasteiger partial charge in [0, 0.05) is 32.7 Å². The summed E-state index contributed by atoms with van der Waals surface area (Å²) in [6.45, 7) is 5.15. The highest BCUT2D eigenvalue weighted by Gasteiger charge is 2.16. The fourth-order valence-electron chi connectivity index (χ4n) is 3.49. The van der Waals surface area contributed by atoms with Crippen molar-refractivity contribution in [3.63, 3.8) is 0 Å². The number of aliphatic hydroxyl groups excluding tert-OH is 1. The van der Waals surface area contributed by atoms with Crippen LogP contribution in [-0.2, 0) is 22.6 Å². The van der Waals surface area contributed by atoms with Gasteiger partial charge in [0.1, 0.15) is 12.7 Å². The lowest BCUT2D eigenvalue weighted by Gasteiger charge is -2.28. The molecule has 0 radical (unpaired) electrons. The summed E-state index contributed by atoms with van der Waals surface area (Å²) in [5, 5.41) is 13.7. The summed E-state index contributed by atoms with van der Waals surface area (Å²) < 4.78 is 21.3. The summed E-state index contributed by atoms with van der Waals surface area (Å²) in [6.07, 6.45) is -0.579. The van der Waals surface area contributed by atoms with Gasteiger partial charge in [0.2, 0.25) is 0 Å². The SMILES string of the molecule is COC(=O)c1ccc(CNCc2ccc(OCC(O)CN3CCOCC3)c(OC)c2)cc1. The van der Waals surface area contributed by atoms with Gasteiger partial charge in [0.15, 0.2) is 11.5 Å². The average Bonchev–Trinajstić information content (AvgIpc) is 2.83. The monoisotopic (exact) mass is 444 g/mol. The van der Waals surface area contributed by atoms with E-state index in [1.54, 1.807) is 19.2 Å². The van der Waals surface area contributed by atoms with Crippen molar-refractivity contribution in [2.24, 2.45) is 0 Å². The molecule has 1 atom stereocenters. The van der Waals surface area contributed by atoms with E-state index in [1.165, 1.54) is 7.11 Å². The summed E-state index contributed by atoms with van der Waals surface area (Å²) in [6, 6.07) is 13.1. The molecular formula is C24H32N2O6. The molecule has 0 aliphatic carbocycles. The van der Waals surface area contributed by atoms with Crippen LogP contribution in [0.4, 0.5) is 0 Å². The number of carbonyl (C=O) groups excluding carboxylic acids is 1. The number of nitrogens with one attached hydrogen (secondary N) is 1. The molecule has 1 saturated heterocycles. The zero-order valence-electron chi connectivity index (χ0n) is 18.7. The Kier molecular flexibility index (Phi) is 9.30. The van der Waals surface area contributed by atoms with Crippen LogP contribution in [0.3, 0.4) is 0 Å². The van der Waals surface area contributed by atoms with E-state index < -0.39 is 6.10 Å². The van der Waals surface area contributed by atoms with Gasteiger partial charge in [-0.2, -0.15) is 0 Å². The molecular weight excluding hydrogens is 412 g/mol. The number of benzene rings is 2. The van der Waals surface area contributed by atoms with Gasteiger partial charge in [0.25, 0.3) is 0 Å². The molecule has 0 aromatic heterocycles. The Morgan fingerprint density at radius 3 is 2.44 bits per heavy atom. The van der Waals surface area contributed by atoms with E-state index in [-0.39, 0.29) is 12.6 Å². The summed E-state index contributed by atoms with van der Waals surface area (Å²) in [5.41, 5.74) is 2.65. The number of morpholine rings is 1. The number of hydrogen-bond donors (Lipinski definition) is 2. The Balaban J connectivity index is 1.46. The minimum absolute atomic E-state index is 0.201. The van der Waals surface area contributed by atoms with Gasteiger partial charge >= 0.3 is 5.97 Å². The van der Waals surface area contributed by atoms with Crippen LogP contribution in [0.5, 0.6) is 11.5 Å². The number of hydrogen-bond acceptors (Lipinski definition) is 8. The molecule has 1 unspecified atom stereocenters. The van der Waals surface area contributed by atoms with Gasteiger partial charge in [-0.1, -0.05) is 18.2 Å². The van der Waals surface area contributed by atoms with Crippen molar-refractivity contribution >= 4 is 5.97 Å². The molecule has 32 heavy (non-hydrogen) atoms. The van der Waals surface area contributed by atoms with Crippen LogP contribution in [-0.4, -0.2) is 75.8 Å². The van der Waals surface area contributed by atoms with Gasteiger partial charge < -0.3 is 29.4 Å². The lowest BCUT2D eigenvalue weighted by Crippen LogP contribution is -2.42. The Morgan fingerprint density at radius 1 is 1.06 bits per heavy atom. The number of β-amino-alcohol motifs (C(OH)–C–C–N with tert-alkyl or cyclic N) is 1. The maximum Gasteiger partial charge on any atom is 0.337 e. The van der Waals surface area contributed by atoms with Crippen molar-refractivity contribution in [2.75, 3.05) is 53.7 Å². The first kappa shape index (κ1) is 24.0. The Bertz CT molecular complexity index is 852. The molecule has 0 bridgehead atoms. The predicted molar refractivity (Wildman–Crippen MR) is 120 cm³/mol. The second-order valence-electron chi connectivity index (χ2n) is 7.66. The third-order valence-corrected chi connectivity index (χ3v) is 5.27. The average molecular weight is 445 g/mol. The molecule has 1 aliphatic heterocycles. The lowest BCUT2D eigenvalue weighted by molar-refractivity contribution is 0.00445. The fraction of sp³-hybridized carbons (Fsp3) is 0.458. The summed E-state index contributed by atoms with van der Waals surface area (Å²) in [7, 11) is 2.97. The summed E-state index contributed by atoms with van der Waals surface area (Å²) in [5.74, 6) is 0.897. The Labute approximate surface area is 189 Å². The van der Waals surface area contributed by atoms with E-state index in [2.05, 4.69) is 10.2 Å². The van der Waals surface area contributed by atoms with Crippen molar-refractivity contribution in [2.45, 2.75) is 19.2 Å². The number of esters is 1. The first-order chi connectivity index (χ1) is 15.6. The van der Waals surface area contributed by atoms with E-state index >= 15 is 0 Å². The highest BCUT2D eigenvalue weighted by Crippen LogP contribution is 2.28. The van der Waals surface area contributed by atoms with Crippen molar-refractivity contribution < 1.29 is 28.8 Å². The molecule has 8 nitrogen and oxygen atoms in total. The zero-order valence-corrected chi connectivity index (χ0v) is 18.7. The molecule has 8 heteroatoms. The highest BCUT2D eigenvalue weighted by molar-refractivity contribution is 5.89. The van der Waals surface area contributed by atoms with Crippen LogP contribution in [0.25, 0.3) is 0 Å². The van der Waals surface area contributed by atoms with E-state index in [1.807, 2.05) is 30.3 Å². The Morgan fingerprint density at radius 2 is 1.75 bits per heavy atom. The molecule has 0 spiro atoms. The maximum absolute atomic E-state index is 11.5. The van der Waals surface area contributed by atoms with E-state index in [4.69, 9.17) is 18.9 Å². The largest absolute Gasteiger partial charge is 0.493 e. The summed E-state index contributed by atoms with van der Waals surface area (Å²) in [4.78, 5) is 13.7. The van der Waals surface area contributed by atoms with Crippen LogP contribution >= 0.6 is 0 Å². The molecule has 0 amide bonds. The first-order valence-corrected chi connectivity index (χ1v) is 10.7. The number of rotatable bonds is 11. The molecule has 0 saturated carbocycles. The zero-order chi connectivity index (χ0) is 22.8. The molecule has 2 N–H and O–H groups in total. The maximum atomic E-state index is 11.5. The van der Waals surface area contributed by atoms with Crippen LogP contribution in [0.2, 0.25) is 0 Å². The van der Waals surface area contributed by atoms with Crippen molar-refractivity contribution in [1.29, 1.82) is 0 Å². The second kappa shape index (κ2) is 12.4. The van der Waals surface area contributed by atoms with E-state index in [0.717, 1.165) is 24.2 Å². The van der Waals surface area contributed by atoms with Crippen molar-refractivity contribution in [1.82, 2.24) is 10.2 Å². The fourth-order valence-corrected chi connectivity index (χ4v) is 3.49. The molecule has 1 fully saturated rings.